The van der Waals surface area contributed by atoms with E-state index in [1.807, 2.05) is 16.5 Å². The number of aromatic nitrogens is 4. The molecule has 0 radical (unpaired) electrons. The van der Waals surface area contributed by atoms with Gasteiger partial charge in [0.1, 0.15) is 5.01 Å². The molecule has 1 saturated heterocycles. The Balaban J connectivity index is 1.65. The molecule has 20 heavy (non-hydrogen) atoms. The molecule has 1 amide bonds. The van der Waals surface area contributed by atoms with Crippen LogP contribution in [0.2, 0.25) is 0 Å². The fourth-order valence-corrected chi connectivity index (χ4v) is 3.38. The number of hydrogen-bond acceptors (Lipinski definition) is 5. The van der Waals surface area contributed by atoms with Crippen LogP contribution in [0.15, 0.2) is 24.0 Å². The van der Waals surface area contributed by atoms with E-state index in [2.05, 4.69) is 15.3 Å². The van der Waals surface area contributed by atoms with Crippen LogP contribution in [0, 0.1) is 0 Å². The predicted molar refractivity (Wildman–Crippen MR) is 75.1 cm³/mol. The maximum absolute atomic E-state index is 12.4. The number of carbonyl (C=O) groups excluding carboxylic acids is 1. The average molecular weight is 291 g/mol. The van der Waals surface area contributed by atoms with Crippen molar-refractivity contribution in [2.24, 2.45) is 0 Å². The van der Waals surface area contributed by atoms with Crippen molar-refractivity contribution in [3.05, 3.63) is 29.0 Å². The van der Waals surface area contributed by atoms with Gasteiger partial charge >= 0.3 is 0 Å². The van der Waals surface area contributed by atoms with Gasteiger partial charge in [-0.05, 0) is 19.3 Å². The smallest absolute Gasteiger partial charge is 0.225 e. The Bertz CT molecular complexity index is 539. The number of rotatable bonds is 4. The maximum atomic E-state index is 12.4. The summed E-state index contributed by atoms with van der Waals surface area (Å²) in [4.78, 5) is 18.8. The lowest BCUT2D eigenvalue weighted by Crippen LogP contribution is -2.38. The predicted octanol–water partition coefficient (Wildman–Crippen LogP) is 1.88. The third kappa shape index (κ3) is 2.87. The molecule has 1 fully saturated rings. The van der Waals surface area contributed by atoms with Crippen LogP contribution in [0.25, 0.3) is 0 Å². The van der Waals surface area contributed by atoms with Crippen molar-refractivity contribution < 1.29 is 4.79 Å². The van der Waals surface area contributed by atoms with E-state index in [-0.39, 0.29) is 11.9 Å². The molecule has 0 bridgehead atoms. The number of carbonyl (C=O) groups is 1. The minimum atomic E-state index is 0.159. The van der Waals surface area contributed by atoms with E-state index < -0.39 is 0 Å². The van der Waals surface area contributed by atoms with Crippen LogP contribution in [0.1, 0.15) is 36.7 Å². The summed E-state index contributed by atoms with van der Waals surface area (Å²) in [5.41, 5.74) is 0. The second-order valence-corrected chi connectivity index (χ2v) is 5.81. The molecule has 2 aromatic rings. The number of likely N-dealkylation sites (tertiary alicyclic amines) is 1. The number of piperidine rings is 1. The van der Waals surface area contributed by atoms with E-state index in [9.17, 15) is 4.79 Å². The minimum Gasteiger partial charge on any atom is -0.333 e. The van der Waals surface area contributed by atoms with Gasteiger partial charge in [-0.2, -0.15) is 0 Å². The highest BCUT2D eigenvalue weighted by molar-refractivity contribution is 7.09. The van der Waals surface area contributed by atoms with Gasteiger partial charge in [0.15, 0.2) is 0 Å². The molecule has 2 aromatic heterocycles. The summed E-state index contributed by atoms with van der Waals surface area (Å²) in [6, 6.07) is 0.159. The summed E-state index contributed by atoms with van der Waals surface area (Å²) in [7, 11) is 0. The van der Waals surface area contributed by atoms with Gasteiger partial charge < -0.3 is 4.90 Å². The summed E-state index contributed by atoms with van der Waals surface area (Å²) in [6.45, 7) is 1.42. The Hall–Kier alpha value is -1.76. The molecular weight excluding hydrogens is 274 g/mol. The monoisotopic (exact) mass is 291 g/mol. The summed E-state index contributed by atoms with van der Waals surface area (Å²) in [6.07, 6.45) is 8.94. The molecule has 106 valence electrons. The van der Waals surface area contributed by atoms with E-state index in [0.717, 1.165) is 30.8 Å². The Labute approximate surface area is 121 Å². The highest BCUT2D eigenvalue weighted by atomic mass is 32.1. The zero-order chi connectivity index (χ0) is 13.8. The Morgan fingerprint density at radius 3 is 3.10 bits per heavy atom. The second-order valence-electron chi connectivity index (χ2n) is 4.89. The topological polar surface area (TPSA) is 63.9 Å². The third-order valence-corrected chi connectivity index (χ3v) is 4.46. The first-order valence-corrected chi connectivity index (χ1v) is 7.75. The van der Waals surface area contributed by atoms with Crippen molar-refractivity contribution in [1.82, 2.24) is 24.9 Å². The van der Waals surface area contributed by atoms with E-state index in [1.54, 1.807) is 28.4 Å². The van der Waals surface area contributed by atoms with Gasteiger partial charge in [-0.1, -0.05) is 5.21 Å². The Morgan fingerprint density at radius 1 is 1.40 bits per heavy atom. The van der Waals surface area contributed by atoms with Crippen LogP contribution >= 0.6 is 11.3 Å². The number of aryl methyl sites for hydroxylation is 1. The van der Waals surface area contributed by atoms with Gasteiger partial charge in [0, 0.05) is 30.7 Å². The van der Waals surface area contributed by atoms with Gasteiger partial charge in [-0.25, -0.2) is 4.98 Å². The highest BCUT2D eigenvalue weighted by Crippen LogP contribution is 2.32. The molecule has 0 N–H and O–H groups in total. The van der Waals surface area contributed by atoms with Gasteiger partial charge in [0.05, 0.1) is 18.8 Å². The zero-order valence-corrected chi connectivity index (χ0v) is 12.0. The van der Waals surface area contributed by atoms with Crippen LogP contribution in [-0.2, 0) is 11.3 Å². The Kier molecular flexibility index (Phi) is 4.05. The molecule has 6 nitrogen and oxygen atoms in total. The fourth-order valence-electron chi connectivity index (χ4n) is 2.59. The van der Waals surface area contributed by atoms with Crippen LogP contribution < -0.4 is 0 Å². The minimum absolute atomic E-state index is 0.159. The van der Waals surface area contributed by atoms with Crippen molar-refractivity contribution in [1.29, 1.82) is 0 Å². The van der Waals surface area contributed by atoms with Crippen LogP contribution in [0.3, 0.4) is 0 Å². The zero-order valence-electron chi connectivity index (χ0n) is 11.2. The van der Waals surface area contributed by atoms with E-state index in [0.29, 0.717) is 13.0 Å². The Morgan fingerprint density at radius 2 is 2.35 bits per heavy atom. The first-order chi connectivity index (χ1) is 9.84. The second kappa shape index (κ2) is 6.13. The van der Waals surface area contributed by atoms with Crippen molar-refractivity contribution in [2.75, 3.05) is 6.54 Å². The molecule has 0 saturated carbocycles. The first-order valence-electron chi connectivity index (χ1n) is 6.87. The molecule has 1 unspecified atom stereocenters. The SMILES string of the molecule is O=C(CCn1ccnn1)N1CCCCC1c1nccs1. The average Bonchev–Trinajstić information content (AvgIpc) is 3.18. The van der Waals surface area contributed by atoms with Crippen LogP contribution in [0.5, 0.6) is 0 Å². The quantitative estimate of drug-likeness (QED) is 0.862. The molecule has 1 aliphatic rings. The summed E-state index contributed by atoms with van der Waals surface area (Å²) < 4.78 is 1.69. The van der Waals surface area contributed by atoms with Gasteiger partial charge in [0.25, 0.3) is 0 Å². The lowest BCUT2D eigenvalue weighted by molar-refractivity contribution is -0.135. The maximum Gasteiger partial charge on any atom is 0.225 e. The molecule has 3 heterocycles. The van der Waals surface area contributed by atoms with E-state index >= 15 is 0 Å². The summed E-state index contributed by atoms with van der Waals surface area (Å²) in [5.74, 6) is 0.181. The number of amides is 1. The normalized spacial score (nSPS) is 19.2. The molecule has 7 heteroatoms. The fraction of sp³-hybridized carbons (Fsp3) is 0.538. The van der Waals surface area contributed by atoms with Crippen molar-refractivity contribution in [3.8, 4) is 0 Å². The number of thiazole rings is 1. The van der Waals surface area contributed by atoms with Crippen molar-refractivity contribution in [3.63, 3.8) is 0 Å². The van der Waals surface area contributed by atoms with Crippen molar-refractivity contribution >= 4 is 17.2 Å². The molecule has 0 aliphatic carbocycles. The summed E-state index contributed by atoms with van der Waals surface area (Å²) in [5, 5.41) is 10.7. The number of nitrogens with zero attached hydrogens (tertiary/aromatic N) is 5. The lowest BCUT2D eigenvalue weighted by Gasteiger charge is -2.34. The van der Waals surface area contributed by atoms with Crippen LogP contribution in [0.4, 0.5) is 0 Å². The number of hydrogen-bond donors (Lipinski definition) is 0. The lowest BCUT2D eigenvalue weighted by atomic mass is 10.0. The largest absolute Gasteiger partial charge is 0.333 e. The molecule has 0 aromatic carbocycles. The van der Waals surface area contributed by atoms with E-state index in [4.69, 9.17) is 0 Å². The molecule has 1 atom stereocenters. The summed E-state index contributed by atoms with van der Waals surface area (Å²) >= 11 is 1.63. The van der Waals surface area contributed by atoms with Gasteiger partial charge in [0.2, 0.25) is 5.91 Å². The molecule has 1 aliphatic heterocycles. The van der Waals surface area contributed by atoms with E-state index in [1.165, 1.54) is 0 Å². The molecule has 3 rings (SSSR count). The molecular formula is C13H17N5OS. The van der Waals surface area contributed by atoms with Gasteiger partial charge in [-0.3, -0.25) is 9.48 Å². The first kappa shape index (κ1) is 13.2. The van der Waals surface area contributed by atoms with Gasteiger partial charge in [-0.15, -0.1) is 16.4 Å². The van der Waals surface area contributed by atoms with Crippen LogP contribution in [-0.4, -0.2) is 37.3 Å². The standard InChI is InChI=1S/C13H17N5OS/c19-12(4-8-17-9-5-15-16-17)18-7-2-1-3-11(18)13-14-6-10-20-13/h5-6,9-11H,1-4,7-8H2. The van der Waals surface area contributed by atoms with Crippen molar-refractivity contribution in [2.45, 2.75) is 38.3 Å². The highest BCUT2D eigenvalue weighted by Gasteiger charge is 2.29. The third-order valence-electron chi connectivity index (χ3n) is 3.59. The molecule has 0 spiro atoms.